The van der Waals surface area contributed by atoms with Crippen molar-refractivity contribution in [2.24, 2.45) is 11.3 Å². The topological polar surface area (TPSA) is 40.1 Å². The van der Waals surface area contributed by atoms with Gasteiger partial charge in [-0.05, 0) is 18.8 Å². The quantitative estimate of drug-likeness (QED) is 0.332. The minimum absolute atomic E-state index is 0. The van der Waals surface area contributed by atoms with Crippen molar-refractivity contribution in [3.05, 3.63) is 0 Å². The summed E-state index contributed by atoms with van der Waals surface area (Å²) in [7, 11) is 0. The second-order valence-electron chi connectivity index (χ2n) is 2.55. The first kappa shape index (κ1) is 6.59. The van der Waals surface area contributed by atoms with Gasteiger partial charge in [-0.1, -0.05) is 0 Å². The number of carboxylic acids is 1. The third kappa shape index (κ3) is 0.567. The van der Waals surface area contributed by atoms with Gasteiger partial charge in [-0.3, -0.25) is 0 Å². The molecule has 2 saturated carbocycles. The Morgan fingerprint density at radius 2 is 2.00 bits per heavy atom. The summed E-state index contributed by atoms with van der Waals surface area (Å²) in [4.78, 5) is 10.0. The van der Waals surface area contributed by atoms with Crippen molar-refractivity contribution >= 4 is 5.97 Å². The van der Waals surface area contributed by atoms with Gasteiger partial charge in [0.25, 0.3) is 0 Å². The molecule has 2 rings (SSSR count). The van der Waals surface area contributed by atoms with E-state index in [-0.39, 0.29) is 35.0 Å². The van der Waals surface area contributed by atoms with Crippen molar-refractivity contribution in [2.45, 2.75) is 12.8 Å². The van der Waals surface area contributed by atoms with E-state index in [1.54, 1.807) is 0 Å². The van der Waals surface area contributed by atoms with Crippen LogP contribution in [0.25, 0.3) is 0 Å². The van der Waals surface area contributed by atoms with Gasteiger partial charge >= 0.3 is 29.6 Å². The molecule has 0 amide bonds. The summed E-state index contributed by atoms with van der Waals surface area (Å²) in [6, 6.07) is 0. The molecule has 0 aromatic heterocycles. The standard InChI is InChI=1S/C5H6O2.Na/c6-4(7)5-1-3(5)2-5;/h3H,1-2H2,(H,6,7);/q;+1/p-1. The van der Waals surface area contributed by atoms with Crippen LogP contribution >= 0.6 is 0 Å². The van der Waals surface area contributed by atoms with Crippen molar-refractivity contribution in [1.82, 2.24) is 0 Å². The fourth-order valence-corrected chi connectivity index (χ4v) is 1.04. The van der Waals surface area contributed by atoms with Crippen LogP contribution in [-0.4, -0.2) is 5.97 Å². The van der Waals surface area contributed by atoms with E-state index in [4.69, 9.17) is 0 Å². The Balaban J connectivity index is 0.000000320. The van der Waals surface area contributed by atoms with E-state index in [1.165, 1.54) is 0 Å². The molecule has 0 N–H and O–H groups in total. The van der Waals surface area contributed by atoms with E-state index in [2.05, 4.69) is 0 Å². The molecule has 0 radical (unpaired) electrons. The van der Waals surface area contributed by atoms with Crippen LogP contribution in [0.5, 0.6) is 0 Å². The number of rotatable bonds is 1. The largest absolute Gasteiger partial charge is 1.00 e. The predicted molar refractivity (Wildman–Crippen MR) is 20.2 cm³/mol. The maximum absolute atomic E-state index is 10.0. The van der Waals surface area contributed by atoms with Gasteiger partial charge in [0.05, 0.1) is 0 Å². The first-order chi connectivity index (χ1) is 3.26. The SMILES string of the molecule is O=C([O-])C12CC1C2.[Na+]. The molecule has 0 aromatic rings. The van der Waals surface area contributed by atoms with Gasteiger partial charge in [-0.25, -0.2) is 0 Å². The van der Waals surface area contributed by atoms with E-state index < -0.39 is 5.97 Å². The van der Waals surface area contributed by atoms with Gasteiger partial charge in [0.2, 0.25) is 0 Å². The van der Waals surface area contributed by atoms with Crippen LogP contribution < -0.4 is 34.7 Å². The Morgan fingerprint density at radius 1 is 1.62 bits per heavy atom. The molecular formula is C5H5NaO2. The molecule has 2 aliphatic carbocycles. The van der Waals surface area contributed by atoms with Crippen LogP contribution in [0.3, 0.4) is 0 Å². The summed E-state index contributed by atoms with van der Waals surface area (Å²) in [6.07, 6.45) is 1.80. The zero-order valence-corrected chi connectivity index (χ0v) is 6.81. The molecule has 0 atom stereocenters. The predicted octanol–water partition coefficient (Wildman–Crippen LogP) is -3.85. The number of carbonyl (C=O) groups is 1. The van der Waals surface area contributed by atoms with E-state index in [0.717, 1.165) is 12.8 Å². The van der Waals surface area contributed by atoms with Gasteiger partial charge in [0.1, 0.15) is 0 Å². The number of hydrogen-bond acceptors (Lipinski definition) is 2. The number of aliphatic carboxylic acids is 1. The molecular weight excluding hydrogens is 115 g/mol. The Bertz CT molecular complexity index is 137. The third-order valence-electron chi connectivity index (χ3n) is 2.09. The molecule has 0 heterocycles. The first-order valence-corrected chi connectivity index (χ1v) is 2.47. The van der Waals surface area contributed by atoms with E-state index in [1.807, 2.05) is 0 Å². The zero-order valence-electron chi connectivity index (χ0n) is 4.81. The Labute approximate surface area is 69.6 Å². The number of hydrogen-bond donors (Lipinski definition) is 0. The minimum Gasteiger partial charge on any atom is -0.550 e. The van der Waals surface area contributed by atoms with E-state index in [0.29, 0.717) is 5.92 Å². The molecule has 0 aromatic carbocycles. The molecule has 0 saturated heterocycles. The van der Waals surface area contributed by atoms with Gasteiger partial charge in [-0.2, -0.15) is 0 Å². The third-order valence-corrected chi connectivity index (χ3v) is 2.09. The number of carbonyl (C=O) groups excluding carboxylic acids is 1. The summed E-state index contributed by atoms with van der Waals surface area (Å²) in [5, 5.41) is 10.0. The maximum atomic E-state index is 10.0. The van der Waals surface area contributed by atoms with Crippen LogP contribution in [0, 0.1) is 11.3 Å². The zero-order chi connectivity index (χ0) is 5.07. The Morgan fingerprint density at radius 3 is 2.00 bits per heavy atom. The van der Waals surface area contributed by atoms with Crippen LogP contribution in [0.1, 0.15) is 12.8 Å². The number of carboxylic acid groups (broad SMARTS) is 1. The summed E-state index contributed by atoms with van der Waals surface area (Å²) in [5.41, 5.74) is -0.278. The number of fused-ring (bicyclic) bond motifs is 1. The summed E-state index contributed by atoms with van der Waals surface area (Å²) < 4.78 is 0. The first-order valence-electron chi connectivity index (χ1n) is 2.47. The van der Waals surface area contributed by atoms with Crippen LogP contribution in [0.4, 0.5) is 0 Å². The molecule has 2 nitrogen and oxygen atoms in total. The summed E-state index contributed by atoms with van der Waals surface area (Å²) in [6.45, 7) is 0. The second-order valence-corrected chi connectivity index (χ2v) is 2.55. The normalized spacial score (nSPS) is 46.2. The fourth-order valence-electron chi connectivity index (χ4n) is 1.04. The average molecular weight is 120 g/mol. The van der Waals surface area contributed by atoms with Crippen molar-refractivity contribution < 1.29 is 39.5 Å². The molecule has 0 bridgehead atoms. The fraction of sp³-hybridized carbons (Fsp3) is 0.800. The summed E-state index contributed by atoms with van der Waals surface area (Å²) >= 11 is 0. The molecule has 8 heavy (non-hydrogen) atoms. The average Bonchev–Trinajstić information content (AvgIpc) is 2.04. The molecule has 2 fully saturated rings. The van der Waals surface area contributed by atoms with E-state index in [9.17, 15) is 9.90 Å². The maximum Gasteiger partial charge on any atom is 1.00 e. The van der Waals surface area contributed by atoms with Crippen molar-refractivity contribution in [3.8, 4) is 0 Å². The Kier molecular flexibility index (Phi) is 1.23. The van der Waals surface area contributed by atoms with Crippen molar-refractivity contribution in [1.29, 1.82) is 0 Å². The second kappa shape index (κ2) is 1.49. The minimum atomic E-state index is -0.822. The smallest absolute Gasteiger partial charge is 0.550 e. The molecule has 2 aliphatic rings. The Hall–Kier alpha value is 0.470. The van der Waals surface area contributed by atoms with Gasteiger partial charge < -0.3 is 9.90 Å². The molecule has 3 heteroatoms. The molecule has 0 spiro atoms. The van der Waals surface area contributed by atoms with Crippen molar-refractivity contribution in [2.75, 3.05) is 0 Å². The van der Waals surface area contributed by atoms with Gasteiger partial charge in [0, 0.05) is 11.4 Å². The van der Waals surface area contributed by atoms with Gasteiger partial charge in [-0.15, -0.1) is 0 Å². The van der Waals surface area contributed by atoms with Crippen molar-refractivity contribution in [3.63, 3.8) is 0 Å². The summed E-state index contributed by atoms with van der Waals surface area (Å²) in [5.74, 6) is -0.296. The molecule has 38 valence electrons. The molecule has 0 unspecified atom stereocenters. The van der Waals surface area contributed by atoms with Crippen LogP contribution in [-0.2, 0) is 4.79 Å². The monoisotopic (exact) mass is 120 g/mol. The molecule has 0 aliphatic heterocycles. The van der Waals surface area contributed by atoms with Gasteiger partial charge in [0.15, 0.2) is 0 Å². The van der Waals surface area contributed by atoms with Crippen LogP contribution in [0.2, 0.25) is 0 Å². The van der Waals surface area contributed by atoms with Crippen LogP contribution in [0.15, 0.2) is 0 Å². The van der Waals surface area contributed by atoms with E-state index >= 15 is 0 Å².